The molecule has 5 rings (SSSR count). The van der Waals surface area contributed by atoms with E-state index in [1.165, 1.54) is 16.8 Å². The number of rotatable bonds is 1. The van der Waals surface area contributed by atoms with E-state index in [-0.39, 0.29) is 5.41 Å². The summed E-state index contributed by atoms with van der Waals surface area (Å²) in [4.78, 5) is 14.4. The maximum Gasteiger partial charge on any atom is 0.147 e. The summed E-state index contributed by atoms with van der Waals surface area (Å²) < 4.78 is 0. The number of piperidine rings is 1. The van der Waals surface area contributed by atoms with Crippen LogP contribution >= 0.6 is 11.6 Å². The molecular formula is C19H20ClN5. The topological polar surface area (TPSA) is 56.8 Å². The number of hydrogen-bond acceptors (Lipinski definition) is 4. The van der Waals surface area contributed by atoms with Crippen molar-refractivity contribution in [3.63, 3.8) is 0 Å². The Balaban J connectivity index is 1.72. The summed E-state index contributed by atoms with van der Waals surface area (Å²) in [6, 6.07) is 6.77. The molecule has 2 aliphatic heterocycles. The zero-order valence-electron chi connectivity index (χ0n) is 14.1. The molecule has 5 nitrogen and oxygen atoms in total. The monoisotopic (exact) mass is 353 g/mol. The molecule has 1 fully saturated rings. The number of fused-ring (bicyclic) bond motifs is 3. The van der Waals surface area contributed by atoms with Gasteiger partial charge in [-0.3, -0.25) is 0 Å². The molecule has 4 heterocycles. The van der Waals surface area contributed by atoms with Gasteiger partial charge in [-0.15, -0.1) is 0 Å². The van der Waals surface area contributed by atoms with E-state index >= 15 is 0 Å². The van der Waals surface area contributed by atoms with Crippen LogP contribution in [0.3, 0.4) is 0 Å². The zero-order chi connectivity index (χ0) is 17.0. The number of H-pyrrole nitrogens is 1. The summed E-state index contributed by atoms with van der Waals surface area (Å²) in [6.07, 6.45) is 5.70. The molecule has 1 aromatic carbocycles. The van der Waals surface area contributed by atoms with Crippen molar-refractivity contribution < 1.29 is 0 Å². The van der Waals surface area contributed by atoms with E-state index in [0.717, 1.165) is 49.3 Å². The van der Waals surface area contributed by atoms with Gasteiger partial charge in [0.1, 0.15) is 17.8 Å². The van der Waals surface area contributed by atoms with Crippen molar-refractivity contribution in [2.24, 2.45) is 0 Å². The van der Waals surface area contributed by atoms with E-state index in [2.05, 4.69) is 50.3 Å². The Labute approximate surface area is 151 Å². The SMILES string of the molecule is Cc1ccc2c(c1)C1(CCNCC1)CN2c1ncnc2[nH]cc(Cl)c12. The first kappa shape index (κ1) is 15.2. The number of aryl methyl sites for hydroxylation is 1. The fourth-order valence-corrected chi connectivity index (χ4v) is 4.65. The highest BCUT2D eigenvalue weighted by molar-refractivity contribution is 6.36. The van der Waals surface area contributed by atoms with Crippen LogP contribution in [0, 0.1) is 6.92 Å². The van der Waals surface area contributed by atoms with E-state index in [0.29, 0.717) is 5.02 Å². The molecule has 2 N–H and O–H groups in total. The first-order valence-corrected chi connectivity index (χ1v) is 9.13. The molecule has 3 aromatic rings. The molecule has 0 saturated carbocycles. The Bertz CT molecular complexity index is 958. The number of hydrogen-bond donors (Lipinski definition) is 2. The van der Waals surface area contributed by atoms with Gasteiger partial charge in [-0.1, -0.05) is 29.3 Å². The molecule has 0 unspecified atom stereocenters. The molecule has 0 atom stereocenters. The van der Waals surface area contributed by atoms with Crippen LogP contribution in [0.1, 0.15) is 24.0 Å². The summed E-state index contributed by atoms with van der Waals surface area (Å²) in [6.45, 7) is 5.24. The van der Waals surface area contributed by atoms with E-state index in [4.69, 9.17) is 11.6 Å². The van der Waals surface area contributed by atoms with Crippen LogP contribution < -0.4 is 10.2 Å². The molecule has 0 aliphatic carbocycles. The number of nitrogens with zero attached hydrogens (tertiary/aromatic N) is 3. The van der Waals surface area contributed by atoms with Crippen LogP contribution in [0.5, 0.6) is 0 Å². The van der Waals surface area contributed by atoms with Gasteiger partial charge >= 0.3 is 0 Å². The highest BCUT2D eigenvalue weighted by Gasteiger charge is 2.44. The minimum Gasteiger partial charge on any atom is -0.344 e. The normalized spacial score (nSPS) is 18.9. The predicted molar refractivity (Wildman–Crippen MR) is 101 cm³/mol. The van der Waals surface area contributed by atoms with Crippen molar-refractivity contribution >= 4 is 34.1 Å². The van der Waals surface area contributed by atoms with Gasteiger partial charge in [0.15, 0.2) is 0 Å². The molecular weight excluding hydrogens is 334 g/mol. The Kier molecular flexibility index (Phi) is 3.30. The van der Waals surface area contributed by atoms with Crippen molar-refractivity contribution in [2.45, 2.75) is 25.2 Å². The third-order valence-corrected chi connectivity index (χ3v) is 5.99. The van der Waals surface area contributed by atoms with Crippen molar-refractivity contribution in [1.82, 2.24) is 20.3 Å². The zero-order valence-corrected chi connectivity index (χ0v) is 14.9. The van der Waals surface area contributed by atoms with Gasteiger partial charge in [-0.25, -0.2) is 9.97 Å². The van der Waals surface area contributed by atoms with E-state index < -0.39 is 0 Å². The smallest absolute Gasteiger partial charge is 0.147 e. The van der Waals surface area contributed by atoms with Crippen LogP contribution in [0.2, 0.25) is 5.02 Å². The lowest BCUT2D eigenvalue weighted by molar-refractivity contribution is 0.329. The summed E-state index contributed by atoms with van der Waals surface area (Å²) in [5, 5.41) is 5.08. The van der Waals surface area contributed by atoms with Gasteiger partial charge in [0.2, 0.25) is 0 Å². The maximum atomic E-state index is 6.44. The van der Waals surface area contributed by atoms with Crippen molar-refractivity contribution in [3.8, 4) is 0 Å². The predicted octanol–water partition coefficient (Wildman–Crippen LogP) is 3.69. The quantitative estimate of drug-likeness (QED) is 0.700. The first-order chi connectivity index (χ1) is 12.2. The second-order valence-electron chi connectivity index (χ2n) is 7.19. The lowest BCUT2D eigenvalue weighted by Gasteiger charge is -2.35. The number of nitrogens with one attached hydrogen (secondary N) is 2. The number of aromatic amines is 1. The van der Waals surface area contributed by atoms with Crippen molar-refractivity contribution in [1.29, 1.82) is 0 Å². The summed E-state index contributed by atoms with van der Waals surface area (Å²) in [5.74, 6) is 0.900. The number of halogens is 1. The molecule has 6 heteroatoms. The van der Waals surface area contributed by atoms with Crippen LogP contribution in [0.4, 0.5) is 11.5 Å². The Hall–Kier alpha value is -2.11. The number of anilines is 2. The fraction of sp³-hybridized carbons (Fsp3) is 0.368. The molecule has 2 aliphatic rings. The third kappa shape index (κ3) is 2.19. The maximum absolute atomic E-state index is 6.44. The molecule has 1 saturated heterocycles. The third-order valence-electron chi connectivity index (χ3n) is 5.69. The van der Waals surface area contributed by atoms with Gasteiger partial charge in [0, 0.05) is 23.8 Å². The molecule has 0 bridgehead atoms. The summed E-state index contributed by atoms with van der Waals surface area (Å²) in [7, 11) is 0. The van der Waals surface area contributed by atoms with Gasteiger partial charge < -0.3 is 15.2 Å². The van der Waals surface area contributed by atoms with Gasteiger partial charge in [0.05, 0.1) is 10.4 Å². The highest BCUT2D eigenvalue weighted by atomic mass is 35.5. The molecule has 25 heavy (non-hydrogen) atoms. The highest BCUT2D eigenvalue weighted by Crippen LogP contribution is 2.50. The van der Waals surface area contributed by atoms with Crippen LogP contribution in [-0.2, 0) is 5.41 Å². The second kappa shape index (κ2) is 5.44. The molecule has 0 radical (unpaired) electrons. The Morgan fingerprint density at radius 3 is 2.88 bits per heavy atom. The number of benzene rings is 1. The van der Waals surface area contributed by atoms with E-state index in [9.17, 15) is 0 Å². The van der Waals surface area contributed by atoms with Crippen LogP contribution in [-0.4, -0.2) is 34.6 Å². The van der Waals surface area contributed by atoms with Gasteiger partial charge in [0.25, 0.3) is 0 Å². The lowest BCUT2D eigenvalue weighted by atomic mass is 9.74. The average Bonchev–Trinajstić information content (AvgIpc) is 3.15. The lowest BCUT2D eigenvalue weighted by Crippen LogP contribution is -2.42. The largest absolute Gasteiger partial charge is 0.344 e. The fourth-order valence-electron chi connectivity index (χ4n) is 4.42. The summed E-state index contributed by atoms with van der Waals surface area (Å²) in [5.41, 5.74) is 4.99. The Morgan fingerprint density at radius 1 is 1.20 bits per heavy atom. The van der Waals surface area contributed by atoms with Crippen LogP contribution in [0.15, 0.2) is 30.7 Å². The van der Waals surface area contributed by atoms with Crippen LogP contribution in [0.25, 0.3) is 11.0 Å². The first-order valence-electron chi connectivity index (χ1n) is 8.75. The van der Waals surface area contributed by atoms with Gasteiger partial charge in [-0.05, 0) is 44.5 Å². The second-order valence-corrected chi connectivity index (χ2v) is 7.60. The molecule has 128 valence electrons. The number of aromatic nitrogens is 3. The molecule has 0 amide bonds. The minimum atomic E-state index is 0.187. The average molecular weight is 354 g/mol. The van der Waals surface area contributed by atoms with Crippen molar-refractivity contribution in [2.75, 3.05) is 24.5 Å². The summed E-state index contributed by atoms with van der Waals surface area (Å²) >= 11 is 6.44. The van der Waals surface area contributed by atoms with E-state index in [1.54, 1.807) is 12.5 Å². The Morgan fingerprint density at radius 2 is 2.04 bits per heavy atom. The molecule has 1 spiro atoms. The van der Waals surface area contributed by atoms with Crippen molar-refractivity contribution in [3.05, 3.63) is 46.9 Å². The standard InChI is InChI=1S/C19H20ClN5/c1-12-2-3-15-13(8-12)19(4-6-21-7-5-19)10-25(15)18-16-14(20)9-22-17(16)23-11-24-18/h2-3,8-9,11,21H,4-7,10H2,1H3,(H,22,23,24). The minimum absolute atomic E-state index is 0.187. The molecule has 2 aromatic heterocycles. The van der Waals surface area contributed by atoms with E-state index in [1.807, 2.05) is 0 Å². The van der Waals surface area contributed by atoms with Gasteiger partial charge in [-0.2, -0.15) is 0 Å².